The van der Waals surface area contributed by atoms with Gasteiger partial charge in [-0.1, -0.05) is 12.1 Å². The van der Waals surface area contributed by atoms with Crippen LogP contribution >= 0.6 is 0 Å². The van der Waals surface area contributed by atoms with Gasteiger partial charge in [-0.3, -0.25) is 9.59 Å². The number of benzene rings is 2. The second-order valence-electron chi connectivity index (χ2n) is 6.58. The van der Waals surface area contributed by atoms with Crippen LogP contribution in [0.1, 0.15) is 28.8 Å². The summed E-state index contributed by atoms with van der Waals surface area (Å²) in [7, 11) is 0. The van der Waals surface area contributed by atoms with Crippen molar-refractivity contribution in [3.63, 3.8) is 0 Å². The van der Waals surface area contributed by atoms with Crippen molar-refractivity contribution in [3.05, 3.63) is 78.4 Å². The number of amides is 2. The van der Waals surface area contributed by atoms with Crippen LogP contribution in [0.3, 0.4) is 0 Å². The molecule has 4 rings (SSSR count). The molecular formula is C21H19N5O2. The van der Waals surface area contributed by atoms with Crippen molar-refractivity contribution < 1.29 is 9.59 Å². The van der Waals surface area contributed by atoms with E-state index < -0.39 is 0 Å². The molecule has 2 aromatic carbocycles. The molecule has 0 atom stereocenters. The quantitative estimate of drug-likeness (QED) is 0.650. The number of rotatable bonds is 6. The molecule has 1 aromatic heterocycles. The summed E-state index contributed by atoms with van der Waals surface area (Å²) >= 11 is 0. The van der Waals surface area contributed by atoms with Crippen LogP contribution in [0.5, 0.6) is 0 Å². The first-order chi connectivity index (χ1) is 13.7. The average Bonchev–Trinajstić information content (AvgIpc) is 3.36. The Bertz CT molecular complexity index is 988. The van der Waals surface area contributed by atoms with Crippen LogP contribution in [0, 0.1) is 0 Å². The topological polar surface area (TPSA) is 88.9 Å². The molecule has 3 aromatic rings. The lowest BCUT2D eigenvalue weighted by Gasteiger charge is -2.05. The van der Waals surface area contributed by atoms with Gasteiger partial charge < -0.3 is 10.6 Å². The van der Waals surface area contributed by atoms with Gasteiger partial charge in [0.25, 0.3) is 5.91 Å². The normalized spacial score (nSPS) is 13.4. The van der Waals surface area contributed by atoms with Crippen LogP contribution in [-0.4, -0.2) is 32.6 Å². The van der Waals surface area contributed by atoms with Gasteiger partial charge in [-0.05, 0) is 60.9 Å². The van der Waals surface area contributed by atoms with E-state index in [-0.39, 0.29) is 11.8 Å². The monoisotopic (exact) mass is 373 g/mol. The predicted octanol–water partition coefficient (Wildman–Crippen LogP) is 2.81. The maximum atomic E-state index is 12.1. The lowest BCUT2D eigenvalue weighted by molar-refractivity contribution is -0.111. The highest BCUT2D eigenvalue weighted by Crippen LogP contribution is 2.19. The zero-order chi connectivity index (χ0) is 19.3. The molecule has 1 heterocycles. The van der Waals surface area contributed by atoms with E-state index in [1.165, 1.54) is 12.4 Å². The second-order valence-corrected chi connectivity index (χ2v) is 6.58. The molecule has 0 spiro atoms. The maximum absolute atomic E-state index is 12.1. The van der Waals surface area contributed by atoms with E-state index in [0.29, 0.717) is 17.3 Å². The van der Waals surface area contributed by atoms with Crippen LogP contribution in [0.2, 0.25) is 0 Å². The number of aromatic nitrogens is 3. The molecular weight excluding hydrogens is 354 g/mol. The number of hydrogen-bond acceptors (Lipinski definition) is 4. The fourth-order valence-electron chi connectivity index (χ4n) is 2.64. The van der Waals surface area contributed by atoms with Gasteiger partial charge in [0.15, 0.2) is 0 Å². The van der Waals surface area contributed by atoms with Gasteiger partial charge in [0.05, 0.1) is 5.69 Å². The molecule has 28 heavy (non-hydrogen) atoms. The van der Waals surface area contributed by atoms with Crippen molar-refractivity contribution in [2.24, 2.45) is 0 Å². The van der Waals surface area contributed by atoms with Gasteiger partial charge in [0, 0.05) is 23.4 Å². The largest absolute Gasteiger partial charge is 0.349 e. The molecule has 7 heteroatoms. The first-order valence-corrected chi connectivity index (χ1v) is 9.02. The first kappa shape index (κ1) is 17.7. The molecule has 2 amide bonds. The van der Waals surface area contributed by atoms with Gasteiger partial charge in [-0.25, -0.2) is 9.67 Å². The van der Waals surface area contributed by atoms with Crippen LogP contribution < -0.4 is 10.6 Å². The Morgan fingerprint density at radius 2 is 1.79 bits per heavy atom. The number of anilines is 1. The summed E-state index contributed by atoms with van der Waals surface area (Å²) in [5, 5.41) is 9.81. The lowest BCUT2D eigenvalue weighted by Crippen LogP contribution is -2.25. The zero-order valence-corrected chi connectivity index (χ0v) is 15.1. The minimum Gasteiger partial charge on any atom is -0.349 e. The van der Waals surface area contributed by atoms with Gasteiger partial charge in [-0.2, -0.15) is 5.10 Å². The number of hydrogen-bond donors (Lipinski definition) is 2. The Morgan fingerprint density at radius 3 is 2.43 bits per heavy atom. The van der Waals surface area contributed by atoms with E-state index in [1.54, 1.807) is 41.4 Å². The Balaban J connectivity index is 1.32. The molecule has 0 aliphatic heterocycles. The number of nitrogens with zero attached hydrogens (tertiary/aromatic N) is 3. The molecule has 1 aliphatic carbocycles. The molecule has 0 radical (unpaired) electrons. The van der Waals surface area contributed by atoms with Crippen molar-refractivity contribution in [2.45, 2.75) is 18.9 Å². The molecule has 2 N–H and O–H groups in total. The maximum Gasteiger partial charge on any atom is 0.251 e. The van der Waals surface area contributed by atoms with Crippen molar-refractivity contribution in [3.8, 4) is 5.69 Å². The third kappa shape index (κ3) is 4.50. The summed E-state index contributed by atoms with van der Waals surface area (Å²) < 4.78 is 1.64. The fraction of sp³-hybridized carbons (Fsp3) is 0.143. The average molecular weight is 373 g/mol. The van der Waals surface area contributed by atoms with Gasteiger partial charge in [0.1, 0.15) is 12.7 Å². The van der Waals surface area contributed by atoms with Crippen molar-refractivity contribution in [2.75, 3.05) is 5.32 Å². The SMILES string of the molecule is O=C(C=Cc1ccc(C(=O)NC2CC2)cc1)Nc1ccc(-n2cncn2)cc1. The van der Waals surface area contributed by atoms with Gasteiger partial charge in [0.2, 0.25) is 5.91 Å². The van der Waals surface area contributed by atoms with Gasteiger partial charge in [-0.15, -0.1) is 0 Å². The molecule has 0 unspecified atom stereocenters. The number of carbonyl (C=O) groups is 2. The van der Waals surface area contributed by atoms with Crippen LogP contribution in [0.15, 0.2) is 67.3 Å². The molecule has 1 fully saturated rings. The number of carbonyl (C=O) groups excluding carboxylic acids is 2. The highest BCUT2D eigenvalue weighted by atomic mass is 16.2. The second kappa shape index (κ2) is 7.87. The molecule has 7 nitrogen and oxygen atoms in total. The van der Waals surface area contributed by atoms with E-state index in [1.807, 2.05) is 24.3 Å². The van der Waals surface area contributed by atoms with E-state index in [9.17, 15) is 9.59 Å². The minimum absolute atomic E-state index is 0.0508. The van der Waals surface area contributed by atoms with Crippen LogP contribution in [0.4, 0.5) is 5.69 Å². The van der Waals surface area contributed by atoms with Crippen molar-refractivity contribution in [1.29, 1.82) is 0 Å². The summed E-state index contributed by atoms with van der Waals surface area (Å²) in [6, 6.07) is 14.8. The smallest absolute Gasteiger partial charge is 0.251 e. The standard InChI is InChI=1S/C21H19N5O2/c27-20(24-17-8-10-19(11-9-17)26-14-22-13-23-26)12-3-15-1-4-16(5-2-15)21(28)25-18-6-7-18/h1-5,8-14,18H,6-7H2,(H,24,27)(H,25,28). The third-order valence-corrected chi connectivity index (χ3v) is 4.33. The van der Waals surface area contributed by atoms with Gasteiger partial charge >= 0.3 is 0 Å². The Hall–Kier alpha value is -3.74. The van der Waals surface area contributed by atoms with E-state index in [2.05, 4.69) is 20.7 Å². The van der Waals surface area contributed by atoms with Crippen LogP contribution in [0.25, 0.3) is 11.8 Å². The predicted molar refractivity (Wildman–Crippen MR) is 106 cm³/mol. The Kier molecular flexibility index (Phi) is 4.97. The van der Waals surface area contributed by atoms with Crippen LogP contribution in [-0.2, 0) is 4.79 Å². The summed E-state index contributed by atoms with van der Waals surface area (Å²) in [5.74, 6) is -0.283. The Morgan fingerprint density at radius 1 is 1.04 bits per heavy atom. The van der Waals surface area contributed by atoms with Crippen molar-refractivity contribution in [1.82, 2.24) is 20.1 Å². The third-order valence-electron chi connectivity index (χ3n) is 4.33. The zero-order valence-electron chi connectivity index (χ0n) is 15.1. The summed E-state index contributed by atoms with van der Waals surface area (Å²) in [6.07, 6.45) is 8.37. The fourth-order valence-corrected chi connectivity index (χ4v) is 2.64. The Labute approximate surface area is 162 Å². The minimum atomic E-state index is -0.232. The number of nitrogens with one attached hydrogen (secondary N) is 2. The first-order valence-electron chi connectivity index (χ1n) is 9.02. The lowest BCUT2D eigenvalue weighted by atomic mass is 10.1. The summed E-state index contributed by atoms with van der Waals surface area (Å²) in [5.41, 5.74) is 3.02. The summed E-state index contributed by atoms with van der Waals surface area (Å²) in [4.78, 5) is 28.0. The molecule has 0 bridgehead atoms. The van der Waals surface area contributed by atoms with E-state index >= 15 is 0 Å². The highest BCUT2D eigenvalue weighted by molar-refractivity contribution is 6.02. The molecule has 1 aliphatic rings. The molecule has 0 saturated heterocycles. The highest BCUT2D eigenvalue weighted by Gasteiger charge is 2.23. The molecule has 1 saturated carbocycles. The molecule has 140 valence electrons. The van der Waals surface area contributed by atoms with Crippen molar-refractivity contribution >= 4 is 23.6 Å². The van der Waals surface area contributed by atoms with E-state index in [4.69, 9.17) is 0 Å². The van der Waals surface area contributed by atoms with E-state index in [0.717, 1.165) is 24.1 Å². The summed E-state index contributed by atoms with van der Waals surface area (Å²) in [6.45, 7) is 0.